The van der Waals surface area contributed by atoms with Gasteiger partial charge in [0.25, 0.3) is 0 Å². The molecule has 0 saturated carbocycles. The summed E-state index contributed by atoms with van der Waals surface area (Å²) in [6.45, 7) is 0. The average molecular weight is 354 g/mol. The van der Waals surface area contributed by atoms with E-state index in [9.17, 15) is 0 Å². The van der Waals surface area contributed by atoms with Gasteiger partial charge in [-0.05, 0) is 35.9 Å². The molecule has 0 radical (unpaired) electrons. The quantitative estimate of drug-likeness (QED) is 0.586. The molecular weight excluding hydrogens is 342 g/mol. The van der Waals surface area contributed by atoms with Gasteiger partial charge in [0.1, 0.15) is 0 Å². The largest absolute Gasteiger partial charge is 0.420 e. The van der Waals surface area contributed by atoms with Gasteiger partial charge in [0, 0.05) is 27.1 Å². The summed E-state index contributed by atoms with van der Waals surface area (Å²) < 4.78 is 6.80. The molecule has 0 unspecified atom stereocenters. The van der Waals surface area contributed by atoms with Crippen LogP contribution in [0.2, 0.25) is 0 Å². The van der Waals surface area contributed by atoms with Crippen LogP contribution in [0.5, 0.6) is 0 Å². The predicted octanol–water partition coefficient (Wildman–Crippen LogP) is 4.57. The first-order chi connectivity index (χ1) is 10.8. The van der Waals surface area contributed by atoms with Crippen LogP contribution < -0.4 is 0 Å². The van der Waals surface area contributed by atoms with Gasteiger partial charge in [0.2, 0.25) is 11.8 Å². The van der Waals surface area contributed by atoms with E-state index in [0.717, 1.165) is 21.1 Å². The Balaban J connectivity index is 1.63. The van der Waals surface area contributed by atoms with Gasteiger partial charge in [-0.3, -0.25) is 0 Å². The second kappa shape index (κ2) is 5.42. The van der Waals surface area contributed by atoms with Gasteiger partial charge in [-0.1, -0.05) is 34.1 Å². The second-order valence-electron chi connectivity index (χ2n) is 5.04. The summed E-state index contributed by atoms with van der Waals surface area (Å²) in [5.41, 5.74) is 3.19. The van der Waals surface area contributed by atoms with E-state index in [4.69, 9.17) is 4.42 Å². The van der Waals surface area contributed by atoms with Crippen molar-refractivity contribution in [1.82, 2.24) is 15.2 Å². The third-order valence-electron chi connectivity index (χ3n) is 3.57. The number of para-hydroxylation sites is 1. The van der Waals surface area contributed by atoms with Crippen LogP contribution in [0.1, 0.15) is 11.5 Å². The molecule has 2 heterocycles. The molecule has 4 nitrogen and oxygen atoms in total. The highest BCUT2D eigenvalue weighted by Gasteiger charge is 2.11. The number of rotatable bonds is 3. The molecule has 0 aliphatic rings. The lowest BCUT2D eigenvalue weighted by atomic mass is 10.1. The Morgan fingerprint density at radius 2 is 1.82 bits per heavy atom. The molecule has 0 spiro atoms. The summed E-state index contributed by atoms with van der Waals surface area (Å²) in [5, 5.41) is 9.47. The Kier molecular flexibility index (Phi) is 3.27. The summed E-state index contributed by atoms with van der Waals surface area (Å²) in [6.07, 6.45) is 2.61. The minimum atomic E-state index is 0.544. The summed E-state index contributed by atoms with van der Waals surface area (Å²) in [5.74, 6) is 1.16. The normalized spacial score (nSPS) is 11.1. The molecule has 108 valence electrons. The van der Waals surface area contributed by atoms with Gasteiger partial charge in [-0.15, -0.1) is 10.2 Å². The number of hydrogen-bond donors (Lipinski definition) is 1. The third-order valence-corrected chi connectivity index (χ3v) is 4.10. The number of aromatic amines is 1. The molecule has 2 aromatic carbocycles. The number of fused-ring (bicyclic) bond motifs is 1. The summed E-state index contributed by atoms with van der Waals surface area (Å²) in [6, 6.07) is 16.0. The van der Waals surface area contributed by atoms with Crippen molar-refractivity contribution in [1.29, 1.82) is 0 Å². The number of nitrogens with zero attached hydrogens (tertiary/aromatic N) is 2. The van der Waals surface area contributed by atoms with Gasteiger partial charge in [-0.25, -0.2) is 0 Å². The predicted molar refractivity (Wildman–Crippen MR) is 88.5 cm³/mol. The molecule has 5 heteroatoms. The lowest BCUT2D eigenvalue weighted by Gasteiger charge is -1.96. The number of H-pyrrole nitrogens is 1. The van der Waals surface area contributed by atoms with Crippen LogP contribution in [-0.4, -0.2) is 15.2 Å². The Morgan fingerprint density at radius 3 is 2.68 bits per heavy atom. The summed E-state index contributed by atoms with van der Waals surface area (Å²) in [7, 11) is 0. The van der Waals surface area contributed by atoms with E-state index in [1.807, 2.05) is 42.6 Å². The van der Waals surface area contributed by atoms with Gasteiger partial charge in [0.15, 0.2) is 0 Å². The van der Waals surface area contributed by atoms with E-state index in [1.54, 1.807) is 0 Å². The van der Waals surface area contributed by atoms with Gasteiger partial charge in [-0.2, -0.15) is 0 Å². The fraction of sp³-hybridized carbons (Fsp3) is 0.0588. The first kappa shape index (κ1) is 13.3. The second-order valence-corrected chi connectivity index (χ2v) is 5.96. The number of benzene rings is 2. The van der Waals surface area contributed by atoms with E-state index in [-0.39, 0.29) is 0 Å². The van der Waals surface area contributed by atoms with Crippen LogP contribution in [-0.2, 0) is 6.42 Å². The van der Waals surface area contributed by atoms with E-state index in [2.05, 4.69) is 43.2 Å². The van der Waals surface area contributed by atoms with Crippen molar-refractivity contribution in [2.24, 2.45) is 0 Å². The SMILES string of the molecule is Brc1ccc(-c2nnc(Cc3c[nH]c4ccccc34)o2)cc1. The Morgan fingerprint density at radius 1 is 1.00 bits per heavy atom. The highest BCUT2D eigenvalue weighted by atomic mass is 79.9. The van der Waals surface area contributed by atoms with Gasteiger partial charge >= 0.3 is 0 Å². The molecule has 0 aliphatic carbocycles. The molecule has 0 bridgehead atoms. The zero-order chi connectivity index (χ0) is 14.9. The topological polar surface area (TPSA) is 54.7 Å². The summed E-state index contributed by atoms with van der Waals surface area (Å²) in [4.78, 5) is 3.26. The van der Waals surface area contributed by atoms with Crippen LogP contribution >= 0.6 is 15.9 Å². The minimum Gasteiger partial charge on any atom is -0.420 e. The monoisotopic (exact) mass is 353 g/mol. The van der Waals surface area contributed by atoms with Crippen molar-refractivity contribution >= 4 is 26.8 Å². The molecule has 0 fully saturated rings. The molecule has 0 amide bonds. The zero-order valence-electron chi connectivity index (χ0n) is 11.6. The minimum absolute atomic E-state index is 0.544. The van der Waals surface area contributed by atoms with Gasteiger partial charge in [0.05, 0.1) is 6.42 Å². The summed E-state index contributed by atoms with van der Waals surface area (Å²) >= 11 is 3.42. The van der Waals surface area contributed by atoms with Crippen molar-refractivity contribution in [3.63, 3.8) is 0 Å². The molecule has 4 aromatic rings. The lowest BCUT2D eigenvalue weighted by molar-refractivity contribution is 0.518. The Bertz CT molecular complexity index is 924. The van der Waals surface area contributed by atoms with Crippen molar-refractivity contribution in [2.75, 3.05) is 0 Å². The fourth-order valence-corrected chi connectivity index (χ4v) is 2.74. The highest BCUT2D eigenvalue weighted by molar-refractivity contribution is 9.10. The maximum Gasteiger partial charge on any atom is 0.247 e. The number of nitrogens with one attached hydrogen (secondary N) is 1. The molecule has 0 aliphatic heterocycles. The fourth-order valence-electron chi connectivity index (χ4n) is 2.47. The van der Waals surface area contributed by atoms with Crippen LogP contribution in [0.3, 0.4) is 0 Å². The van der Waals surface area contributed by atoms with Gasteiger partial charge < -0.3 is 9.40 Å². The average Bonchev–Trinajstić information content (AvgIpc) is 3.16. The number of hydrogen-bond acceptors (Lipinski definition) is 3. The number of halogens is 1. The molecule has 0 atom stereocenters. The first-order valence-electron chi connectivity index (χ1n) is 6.93. The van der Waals surface area contributed by atoms with Crippen LogP contribution in [0.4, 0.5) is 0 Å². The van der Waals surface area contributed by atoms with E-state index in [1.165, 1.54) is 5.39 Å². The van der Waals surface area contributed by atoms with Crippen molar-refractivity contribution in [3.05, 3.63) is 70.7 Å². The standard InChI is InChI=1S/C17H12BrN3O/c18-13-7-5-11(6-8-13)17-21-20-16(22-17)9-12-10-19-15-4-2-1-3-14(12)15/h1-8,10,19H,9H2. The molecule has 4 rings (SSSR count). The van der Waals surface area contributed by atoms with Crippen LogP contribution in [0, 0.1) is 0 Å². The van der Waals surface area contributed by atoms with Crippen LogP contribution in [0.15, 0.2) is 63.6 Å². The molecule has 2 aromatic heterocycles. The van der Waals surface area contributed by atoms with Crippen molar-refractivity contribution < 1.29 is 4.42 Å². The number of aromatic nitrogens is 3. The molecular formula is C17H12BrN3O. The molecule has 0 saturated heterocycles. The van der Waals surface area contributed by atoms with E-state index < -0.39 is 0 Å². The maximum atomic E-state index is 5.78. The van der Waals surface area contributed by atoms with Crippen molar-refractivity contribution in [3.8, 4) is 11.5 Å². The lowest BCUT2D eigenvalue weighted by Crippen LogP contribution is -1.86. The third kappa shape index (κ3) is 2.44. The maximum absolute atomic E-state index is 5.78. The smallest absolute Gasteiger partial charge is 0.247 e. The first-order valence-corrected chi connectivity index (χ1v) is 7.72. The Labute approximate surface area is 135 Å². The Hall–Kier alpha value is -2.40. The highest BCUT2D eigenvalue weighted by Crippen LogP contribution is 2.23. The van der Waals surface area contributed by atoms with E-state index >= 15 is 0 Å². The van der Waals surface area contributed by atoms with E-state index in [0.29, 0.717) is 18.2 Å². The molecule has 22 heavy (non-hydrogen) atoms. The zero-order valence-corrected chi connectivity index (χ0v) is 13.2. The van der Waals surface area contributed by atoms with Crippen molar-refractivity contribution in [2.45, 2.75) is 6.42 Å². The van der Waals surface area contributed by atoms with Crippen LogP contribution in [0.25, 0.3) is 22.4 Å². The molecule has 1 N–H and O–H groups in total.